The molecule has 0 fully saturated rings. The standard InChI is InChI=1S/C17H13FO3/c1-10-8-11(6-7-14(10)20-2)16(19)15-9-12-4-3-5-13(18)17(12)21-15/h3-9H,1-2H3. The number of aryl methyl sites for hydroxylation is 1. The largest absolute Gasteiger partial charge is 0.496 e. The van der Waals surface area contributed by atoms with Gasteiger partial charge in [0.05, 0.1) is 7.11 Å². The van der Waals surface area contributed by atoms with E-state index < -0.39 is 5.82 Å². The third kappa shape index (κ3) is 2.29. The summed E-state index contributed by atoms with van der Waals surface area (Å²) in [7, 11) is 1.58. The number of methoxy groups -OCH3 is 1. The fraction of sp³-hybridized carbons (Fsp3) is 0.118. The number of carbonyl (C=O) groups excluding carboxylic acids is 1. The molecule has 0 N–H and O–H groups in total. The number of furan rings is 1. The van der Waals surface area contributed by atoms with E-state index in [2.05, 4.69) is 0 Å². The van der Waals surface area contributed by atoms with Crippen LogP contribution in [0.4, 0.5) is 4.39 Å². The molecule has 0 saturated heterocycles. The average Bonchev–Trinajstić information content (AvgIpc) is 2.92. The predicted molar refractivity (Wildman–Crippen MR) is 77.3 cm³/mol. The van der Waals surface area contributed by atoms with Crippen molar-refractivity contribution in [2.45, 2.75) is 6.92 Å². The summed E-state index contributed by atoms with van der Waals surface area (Å²) in [6.07, 6.45) is 0. The molecule has 0 aliphatic carbocycles. The number of hydrogen-bond donors (Lipinski definition) is 0. The van der Waals surface area contributed by atoms with E-state index in [9.17, 15) is 9.18 Å². The summed E-state index contributed by atoms with van der Waals surface area (Å²) >= 11 is 0. The lowest BCUT2D eigenvalue weighted by atomic mass is 10.1. The van der Waals surface area contributed by atoms with Gasteiger partial charge in [-0.1, -0.05) is 12.1 Å². The Morgan fingerprint density at radius 2 is 2.00 bits per heavy atom. The quantitative estimate of drug-likeness (QED) is 0.679. The molecule has 0 radical (unpaired) electrons. The normalized spacial score (nSPS) is 10.8. The monoisotopic (exact) mass is 284 g/mol. The highest BCUT2D eigenvalue weighted by Crippen LogP contribution is 2.25. The molecule has 0 saturated carbocycles. The second-order valence-electron chi connectivity index (χ2n) is 4.78. The van der Waals surface area contributed by atoms with E-state index in [1.807, 2.05) is 6.92 Å². The predicted octanol–water partition coefficient (Wildman–Crippen LogP) is 4.12. The van der Waals surface area contributed by atoms with E-state index in [0.29, 0.717) is 16.7 Å². The molecular weight excluding hydrogens is 271 g/mol. The Bertz CT molecular complexity index is 833. The van der Waals surface area contributed by atoms with Gasteiger partial charge in [0.25, 0.3) is 0 Å². The number of benzene rings is 2. The van der Waals surface area contributed by atoms with E-state index in [1.165, 1.54) is 6.07 Å². The van der Waals surface area contributed by atoms with Gasteiger partial charge in [0.15, 0.2) is 17.2 Å². The SMILES string of the molecule is COc1ccc(C(=O)c2cc3cccc(F)c3o2)cc1C. The van der Waals surface area contributed by atoms with Gasteiger partial charge < -0.3 is 9.15 Å². The van der Waals surface area contributed by atoms with Crippen molar-refractivity contribution in [2.24, 2.45) is 0 Å². The smallest absolute Gasteiger partial charge is 0.228 e. The lowest BCUT2D eigenvalue weighted by Gasteiger charge is -2.05. The van der Waals surface area contributed by atoms with Crippen LogP contribution in [0.3, 0.4) is 0 Å². The van der Waals surface area contributed by atoms with Gasteiger partial charge in [0, 0.05) is 10.9 Å². The second kappa shape index (κ2) is 5.05. The maximum Gasteiger partial charge on any atom is 0.228 e. The van der Waals surface area contributed by atoms with Crippen molar-refractivity contribution in [1.29, 1.82) is 0 Å². The Balaban J connectivity index is 2.04. The fourth-order valence-electron chi connectivity index (χ4n) is 2.30. The summed E-state index contributed by atoms with van der Waals surface area (Å²) < 4.78 is 24.1. The molecule has 0 spiro atoms. The van der Waals surface area contributed by atoms with Gasteiger partial charge in [-0.05, 0) is 42.8 Å². The highest BCUT2D eigenvalue weighted by atomic mass is 19.1. The Morgan fingerprint density at radius 3 is 2.67 bits per heavy atom. The highest BCUT2D eigenvalue weighted by molar-refractivity contribution is 6.09. The molecule has 3 rings (SSSR count). The van der Waals surface area contributed by atoms with Crippen molar-refractivity contribution in [3.05, 3.63) is 65.2 Å². The van der Waals surface area contributed by atoms with Crippen LogP contribution in [-0.4, -0.2) is 12.9 Å². The fourth-order valence-corrected chi connectivity index (χ4v) is 2.30. The third-order valence-corrected chi connectivity index (χ3v) is 3.38. The molecule has 0 aliphatic heterocycles. The van der Waals surface area contributed by atoms with Gasteiger partial charge in [0.2, 0.25) is 5.78 Å². The van der Waals surface area contributed by atoms with E-state index in [1.54, 1.807) is 43.5 Å². The number of para-hydroxylation sites is 1. The number of rotatable bonds is 3. The molecule has 0 bridgehead atoms. The number of carbonyl (C=O) groups is 1. The van der Waals surface area contributed by atoms with Crippen LogP contribution in [0, 0.1) is 12.7 Å². The summed E-state index contributed by atoms with van der Waals surface area (Å²) in [6, 6.07) is 11.3. The van der Waals surface area contributed by atoms with Crippen molar-refractivity contribution in [3.63, 3.8) is 0 Å². The van der Waals surface area contributed by atoms with Crippen LogP contribution >= 0.6 is 0 Å². The number of halogens is 1. The minimum absolute atomic E-state index is 0.103. The molecule has 2 aromatic carbocycles. The van der Waals surface area contributed by atoms with Crippen LogP contribution in [0.25, 0.3) is 11.0 Å². The number of hydrogen-bond acceptors (Lipinski definition) is 3. The summed E-state index contributed by atoms with van der Waals surface area (Å²) in [5.74, 6) is 0.0793. The topological polar surface area (TPSA) is 39.4 Å². The van der Waals surface area contributed by atoms with Gasteiger partial charge in [-0.15, -0.1) is 0 Å². The lowest BCUT2D eigenvalue weighted by Crippen LogP contribution is -2.00. The maximum atomic E-state index is 13.6. The van der Waals surface area contributed by atoms with Crippen molar-refractivity contribution in [3.8, 4) is 5.75 Å². The van der Waals surface area contributed by atoms with Crippen LogP contribution in [0.15, 0.2) is 46.9 Å². The third-order valence-electron chi connectivity index (χ3n) is 3.38. The first-order chi connectivity index (χ1) is 10.1. The number of ether oxygens (including phenoxy) is 1. The zero-order chi connectivity index (χ0) is 15.0. The number of fused-ring (bicyclic) bond motifs is 1. The molecule has 106 valence electrons. The van der Waals surface area contributed by atoms with E-state index in [-0.39, 0.29) is 17.1 Å². The van der Waals surface area contributed by atoms with Crippen molar-refractivity contribution in [2.75, 3.05) is 7.11 Å². The molecule has 3 aromatic rings. The first-order valence-electron chi connectivity index (χ1n) is 6.47. The Hall–Kier alpha value is -2.62. The van der Waals surface area contributed by atoms with Crippen LogP contribution < -0.4 is 4.74 Å². The molecule has 4 heteroatoms. The molecule has 0 unspecified atom stereocenters. The summed E-state index contributed by atoms with van der Waals surface area (Å²) in [6.45, 7) is 1.86. The minimum atomic E-state index is -0.475. The van der Waals surface area contributed by atoms with Crippen molar-refractivity contribution >= 4 is 16.8 Å². The van der Waals surface area contributed by atoms with E-state index >= 15 is 0 Å². The Morgan fingerprint density at radius 1 is 1.19 bits per heavy atom. The van der Waals surface area contributed by atoms with Gasteiger partial charge in [-0.2, -0.15) is 0 Å². The van der Waals surface area contributed by atoms with Crippen molar-refractivity contribution in [1.82, 2.24) is 0 Å². The first-order valence-corrected chi connectivity index (χ1v) is 6.47. The van der Waals surface area contributed by atoms with Crippen molar-refractivity contribution < 1.29 is 18.3 Å². The molecule has 1 aromatic heterocycles. The van der Waals surface area contributed by atoms with Crippen LogP contribution in [0.1, 0.15) is 21.7 Å². The molecule has 3 nitrogen and oxygen atoms in total. The molecule has 0 amide bonds. The molecule has 0 aliphatic rings. The zero-order valence-electron chi connectivity index (χ0n) is 11.6. The van der Waals surface area contributed by atoms with Crippen LogP contribution in [0.2, 0.25) is 0 Å². The first kappa shape index (κ1) is 13.4. The molecule has 1 heterocycles. The molecular formula is C17H13FO3. The van der Waals surface area contributed by atoms with Gasteiger partial charge >= 0.3 is 0 Å². The van der Waals surface area contributed by atoms with Crippen LogP contribution in [-0.2, 0) is 0 Å². The molecule has 0 atom stereocenters. The average molecular weight is 284 g/mol. The van der Waals surface area contributed by atoms with Gasteiger partial charge in [-0.3, -0.25) is 4.79 Å². The maximum absolute atomic E-state index is 13.6. The summed E-state index contributed by atoms with van der Waals surface area (Å²) in [5.41, 5.74) is 1.43. The van der Waals surface area contributed by atoms with Gasteiger partial charge in [0.1, 0.15) is 5.75 Å². The second-order valence-corrected chi connectivity index (χ2v) is 4.78. The van der Waals surface area contributed by atoms with E-state index in [4.69, 9.17) is 9.15 Å². The zero-order valence-corrected chi connectivity index (χ0v) is 11.6. The summed E-state index contributed by atoms with van der Waals surface area (Å²) in [5, 5.41) is 0.573. The highest BCUT2D eigenvalue weighted by Gasteiger charge is 2.17. The molecule has 21 heavy (non-hydrogen) atoms. The Labute approximate surface area is 120 Å². The lowest BCUT2D eigenvalue weighted by molar-refractivity contribution is 0.101. The minimum Gasteiger partial charge on any atom is -0.496 e. The van der Waals surface area contributed by atoms with E-state index in [0.717, 1.165) is 5.56 Å². The van der Waals surface area contributed by atoms with Crippen LogP contribution in [0.5, 0.6) is 5.75 Å². The van der Waals surface area contributed by atoms with Gasteiger partial charge in [-0.25, -0.2) is 4.39 Å². The summed E-state index contributed by atoms with van der Waals surface area (Å²) in [4.78, 5) is 12.4. The number of ketones is 1. The Kier molecular flexibility index (Phi) is 3.22.